The van der Waals surface area contributed by atoms with Crippen molar-refractivity contribution in [3.05, 3.63) is 66.1 Å². The molecule has 2 aromatic carbocycles. The average molecular weight is 434 g/mol. The third-order valence-electron chi connectivity index (χ3n) is 6.34. The van der Waals surface area contributed by atoms with Gasteiger partial charge in [0.25, 0.3) is 0 Å². The van der Waals surface area contributed by atoms with E-state index in [0.717, 1.165) is 54.4 Å². The number of pyridine rings is 1. The number of nitrogens with zero attached hydrogens (tertiary/aromatic N) is 3. The molecule has 1 amide bonds. The van der Waals surface area contributed by atoms with Crippen LogP contribution < -0.4 is 0 Å². The van der Waals surface area contributed by atoms with Gasteiger partial charge in [0.05, 0.1) is 12.1 Å². The van der Waals surface area contributed by atoms with E-state index in [2.05, 4.69) is 9.88 Å². The first-order chi connectivity index (χ1) is 15.7. The summed E-state index contributed by atoms with van der Waals surface area (Å²) in [5.74, 6) is -0.0892. The van der Waals surface area contributed by atoms with Crippen molar-refractivity contribution in [1.29, 1.82) is 0 Å². The van der Waals surface area contributed by atoms with Gasteiger partial charge in [0, 0.05) is 49.4 Å². The average Bonchev–Trinajstić information content (AvgIpc) is 3.65. The van der Waals surface area contributed by atoms with Crippen LogP contribution in [0.15, 0.2) is 54.7 Å². The summed E-state index contributed by atoms with van der Waals surface area (Å²) in [6.45, 7) is 3.42. The maximum atomic E-state index is 15.0. The van der Waals surface area contributed by atoms with E-state index in [-0.39, 0.29) is 18.3 Å². The van der Waals surface area contributed by atoms with Crippen molar-refractivity contribution in [3.8, 4) is 11.1 Å². The van der Waals surface area contributed by atoms with Crippen molar-refractivity contribution in [2.45, 2.75) is 31.8 Å². The molecule has 6 heteroatoms. The zero-order valence-corrected chi connectivity index (χ0v) is 18.2. The van der Waals surface area contributed by atoms with Gasteiger partial charge in [-0.25, -0.2) is 4.39 Å². The van der Waals surface area contributed by atoms with Crippen LogP contribution in [0.5, 0.6) is 0 Å². The van der Waals surface area contributed by atoms with Crippen molar-refractivity contribution < 1.29 is 13.9 Å². The summed E-state index contributed by atoms with van der Waals surface area (Å²) in [6, 6.07) is 15.8. The van der Waals surface area contributed by atoms with Gasteiger partial charge in [-0.1, -0.05) is 24.3 Å². The largest absolute Gasteiger partial charge is 0.370 e. The first kappa shape index (κ1) is 21.0. The third-order valence-corrected chi connectivity index (χ3v) is 6.34. The summed E-state index contributed by atoms with van der Waals surface area (Å²) in [5.41, 5.74) is 3.46. The van der Waals surface area contributed by atoms with Crippen LogP contribution in [0.4, 0.5) is 4.39 Å². The zero-order chi connectivity index (χ0) is 21.9. The Kier molecular flexibility index (Phi) is 6.14. The normalized spacial score (nSPS) is 18.8. The lowest BCUT2D eigenvalue weighted by Gasteiger charge is -2.28. The first-order valence-corrected chi connectivity index (χ1v) is 11.4. The summed E-state index contributed by atoms with van der Waals surface area (Å²) >= 11 is 0. The minimum atomic E-state index is -0.193. The number of carbonyl (C=O) groups is 1. The molecule has 32 heavy (non-hydrogen) atoms. The van der Waals surface area contributed by atoms with Crippen LogP contribution in [0, 0.1) is 5.82 Å². The summed E-state index contributed by atoms with van der Waals surface area (Å²) in [5, 5.41) is 1.04. The molecule has 1 saturated heterocycles. The second-order valence-corrected chi connectivity index (χ2v) is 8.72. The molecule has 1 saturated carbocycles. The number of ether oxygens (including phenoxy) is 1. The van der Waals surface area contributed by atoms with E-state index >= 15 is 4.39 Å². The lowest BCUT2D eigenvalue weighted by molar-refractivity contribution is -0.137. The molecule has 5 rings (SSSR count). The monoisotopic (exact) mass is 433 g/mol. The fraction of sp³-hybridized carbons (Fsp3) is 0.385. The predicted octanol–water partition coefficient (Wildman–Crippen LogP) is 4.25. The molecular formula is C26H28FN3O2. The Morgan fingerprint density at radius 3 is 2.72 bits per heavy atom. The molecule has 166 valence electrons. The molecule has 0 spiro atoms. The summed E-state index contributed by atoms with van der Waals surface area (Å²) in [6.07, 6.45) is 4.87. The highest BCUT2D eigenvalue weighted by Gasteiger charge is 2.32. The van der Waals surface area contributed by atoms with Gasteiger partial charge in [-0.05, 0) is 54.7 Å². The molecule has 2 aliphatic rings. The molecule has 0 bridgehead atoms. The summed E-state index contributed by atoms with van der Waals surface area (Å²) in [7, 11) is 0. The van der Waals surface area contributed by atoms with Crippen molar-refractivity contribution in [2.24, 2.45) is 0 Å². The summed E-state index contributed by atoms with van der Waals surface area (Å²) < 4.78 is 20.6. The van der Waals surface area contributed by atoms with Crippen LogP contribution in [-0.4, -0.2) is 59.6 Å². The van der Waals surface area contributed by atoms with E-state index in [4.69, 9.17) is 4.74 Å². The number of carbonyl (C=O) groups excluding carboxylic acids is 1. The van der Waals surface area contributed by atoms with E-state index in [1.807, 2.05) is 47.4 Å². The Labute approximate surface area is 187 Å². The quantitative estimate of drug-likeness (QED) is 0.617. The smallest absolute Gasteiger partial charge is 0.248 e. The molecule has 0 N–H and O–H groups in total. The molecular weight excluding hydrogens is 405 g/mol. The zero-order valence-electron chi connectivity index (χ0n) is 18.2. The Hall–Kier alpha value is -2.83. The molecule has 1 aliphatic carbocycles. The van der Waals surface area contributed by atoms with Crippen LogP contribution in [0.1, 0.15) is 24.8 Å². The molecule has 2 fully saturated rings. The SMILES string of the molecule is O=C1COCCN(Cc2ccc(-c3ccc4ncccc4c3)cc2F)CCCN1C1CC1. The highest BCUT2D eigenvalue weighted by atomic mass is 19.1. The van der Waals surface area contributed by atoms with Crippen LogP contribution in [-0.2, 0) is 16.1 Å². The maximum Gasteiger partial charge on any atom is 0.248 e. The third kappa shape index (κ3) is 4.81. The number of hydrogen-bond acceptors (Lipinski definition) is 4. The molecule has 0 atom stereocenters. The predicted molar refractivity (Wildman–Crippen MR) is 123 cm³/mol. The van der Waals surface area contributed by atoms with E-state index in [0.29, 0.717) is 31.3 Å². The van der Waals surface area contributed by atoms with E-state index in [1.54, 1.807) is 12.3 Å². The van der Waals surface area contributed by atoms with Crippen LogP contribution in [0.3, 0.4) is 0 Å². The van der Waals surface area contributed by atoms with Crippen molar-refractivity contribution in [1.82, 2.24) is 14.8 Å². The van der Waals surface area contributed by atoms with Gasteiger partial charge in [0.15, 0.2) is 0 Å². The van der Waals surface area contributed by atoms with Gasteiger partial charge in [0.1, 0.15) is 12.4 Å². The number of hydrogen-bond donors (Lipinski definition) is 0. The van der Waals surface area contributed by atoms with Gasteiger partial charge >= 0.3 is 0 Å². The number of aromatic nitrogens is 1. The standard InChI is InChI=1S/C26H28FN3O2/c27-24-16-20(19-6-9-25-21(15-19)3-1-10-28-25)4-5-22(24)17-29-11-2-12-30(23-7-8-23)26(31)18-32-14-13-29/h1,3-6,9-10,15-16,23H,2,7-8,11-14,17-18H2. The van der Waals surface area contributed by atoms with Crippen LogP contribution in [0.25, 0.3) is 22.0 Å². The number of amides is 1. The lowest BCUT2D eigenvalue weighted by Crippen LogP contribution is -2.40. The fourth-order valence-electron chi connectivity index (χ4n) is 4.42. The molecule has 2 heterocycles. The fourth-order valence-corrected chi connectivity index (χ4v) is 4.42. The Balaban J connectivity index is 1.27. The Morgan fingerprint density at radius 2 is 1.88 bits per heavy atom. The number of halogens is 1. The van der Waals surface area contributed by atoms with Gasteiger partial charge in [-0.15, -0.1) is 0 Å². The van der Waals surface area contributed by atoms with Crippen LogP contribution in [0.2, 0.25) is 0 Å². The highest BCUT2D eigenvalue weighted by molar-refractivity contribution is 5.84. The first-order valence-electron chi connectivity index (χ1n) is 11.4. The lowest BCUT2D eigenvalue weighted by atomic mass is 10.0. The van der Waals surface area contributed by atoms with Crippen molar-refractivity contribution >= 4 is 16.8 Å². The second-order valence-electron chi connectivity index (χ2n) is 8.72. The Bertz CT molecular complexity index is 1120. The molecule has 3 aromatic rings. The minimum absolute atomic E-state index is 0.104. The Morgan fingerprint density at radius 1 is 1.03 bits per heavy atom. The van der Waals surface area contributed by atoms with Gasteiger partial charge in [-0.3, -0.25) is 14.7 Å². The van der Waals surface area contributed by atoms with Gasteiger partial charge < -0.3 is 9.64 Å². The van der Waals surface area contributed by atoms with E-state index < -0.39 is 0 Å². The number of rotatable bonds is 4. The molecule has 0 unspecified atom stereocenters. The van der Waals surface area contributed by atoms with Gasteiger partial charge in [0.2, 0.25) is 5.91 Å². The topological polar surface area (TPSA) is 45.7 Å². The van der Waals surface area contributed by atoms with Crippen molar-refractivity contribution in [3.63, 3.8) is 0 Å². The number of benzene rings is 2. The summed E-state index contributed by atoms with van der Waals surface area (Å²) in [4.78, 5) is 20.8. The number of fused-ring (bicyclic) bond motifs is 1. The van der Waals surface area contributed by atoms with Crippen LogP contribution >= 0.6 is 0 Å². The minimum Gasteiger partial charge on any atom is -0.370 e. The second kappa shape index (κ2) is 9.35. The maximum absolute atomic E-state index is 15.0. The highest BCUT2D eigenvalue weighted by Crippen LogP contribution is 2.28. The van der Waals surface area contributed by atoms with E-state index in [9.17, 15) is 4.79 Å². The molecule has 1 aliphatic heterocycles. The molecule has 5 nitrogen and oxygen atoms in total. The van der Waals surface area contributed by atoms with Crippen molar-refractivity contribution in [2.75, 3.05) is 32.8 Å². The molecule has 1 aromatic heterocycles. The van der Waals surface area contributed by atoms with E-state index in [1.165, 1.54) is 0 Å². The van der Waals surface area contributed by atoms with Gasteiger partial charge in [-0.2, -0.15) is 0 Å². The molecule has 0 radical (unpaired) electrons.